The predicted molar refractivity (Wildman–Crippen MR) is 46.0 cm³/mol. The normalized spacial score (nSPS) is 12.4. The molecule has 0 unspecified atom stereocenters. The molecule has 0 rings (SSSR count). The molecule has 0 bridgehead atoms. The standard InChI is InChI=1S/C6H14N2O2.ClH/c1-8(2)4-5(7)3-6(9)10;/h5H,3-4,7H2,1-2H3,(H,9,10);1H/t5-;/m0./s1. The van der Waals surface area contributed by atoms with Gasteiger partial charge in [0.05, 0.1) is 6.42 Å². The van der Waals surface area contributed by atoms with Crippen LogP contribution in [0.25, 0.3) is 0 Å². The van der Waals surface area contributed by atoms with E-state index in [1.807, 2.05) is 19.0 Å². The average molecular weight is 183 g/mol. The Morgan fingerprint density at radius 1 is 1.64 bits per heavy atom. The van der Waals surface area contributed by atoms with Crippen molar-refractivity contribution in [2.75, 3.05) is 20.6 Å². The lowest BCUT2D eigenvalue weighted by molar-refractivity contribution is -0.137. The van der Waals surface area contributed by atoms with E-state index in [4.69, 9.17) is 10.8 Å². The van der Waals surface area contributed by atoms with Gasteiger partial charge in [0.2, 0.25) is 0 Å². The lowest BCUT2D eigenvalue weighted by Gasteiger charge is -2.14. The SMILES string of the molecule is CN(C)C[C@@H](N)CC(=O)O.Cl. The van der Waals surface area contributed by atoms with Crippen LogP contribution in [-0.2, 0) is 4.79 Å². The van der Waals surface area contributed by atoms with Crippen molar-refractivity contribution >= 4 is 18.4 Å². The molecule has 0 saturated carbocycles. The van der Waals surface area contributed by atoms with Crippen molar-refractivity contribution < 1.29 is 9.90 Å². The van der Waals surface area contributed by atoms with E-state index in [9.17, 15) is 4.79 Å². The maximum atomic E-state index is 10.1. The van der Waals surface area contributed by atoms with Crippen LogP contribution in [0, 0.1) is 0 Å². The summed E-state index contributed by atoms with van der Waals surface area (Å²) in [4.78, 5) is 12.0. The van der Waals surface area contributed by atoms with Crippen LogP contribution < -0.4 is 5.73 Å². The highest BCUT2D eigenvalue weighted by atomic mass is 35.5. The molecular weight excluding hydrogens is 168 g/mol. The molecule has 0 spiro atoms. The molecule has 0 aromatic rings. The van der Waals surface area contributed by atoms with Crippen LogP contribution >= 0.6 is 12.4 Å². The summed E-state index contributed by atoms with van der Waals surface area (Å²) in [7, 11) is 3.73. The monoisotopic (exact) mass is 182 g/mol. The van der Waals surface area contributed by atoms with Crippen LogP contribution in [0.2, 0.25) is 0 Å². The fourth-order valence-electron chi connectivity index (χ4n) is 0.758. The van der Waals surface area contributed by atoms with Gasteiger partial charge in [-0.25, -0.2) is 0 Å². The minimum absolute atomic E-state index is 0. The number of aliphatic carboxylic acids is 1. The van der Waals surface area contributed by atoms with Gasteiger partial charge in [-0.2, -0.15) is 0 Å². The molecule has 11 heavy (non-hydrogen) atoms. The largest absolute Gasteiger partial charge is 0.481 e. The van der Waals surface area contributed by atoms with Crippen molar-refractivity contribution in [3.8, 4) is 0 Å². The fourth-order valence-corrected chi connectivity index (χ4v) is 0.758. The van der Waals surface area contributed by atoms with E-state index in [2.05, 4.69) is 0 Å². The first-order chi connectivity index (χ1) is 4.52. The van der Waals surface area contributed by atoms with Crippen molar-refractivity contribution in [3.05, 3.63) is 0 Å². The van der Waals surface area contributed by atoms with Crippen LogP contribution in [0.4, 0.5) is 0 Å². The van der Waals surface area contributed by atoms with Gasteiger partial charge < -0.3 is 15.7 Å². The minimum Gasteiger partial charge on any atom is -0.481 e. The number of nitrogens with two attached hydrogens (primary N) is 1. The number of hydrogen-bond donors (Lipinski definition) is 2. The van der Waals surface area contributed by atoms with Crippen molar-refractivity contribution in [2.45, 2.75) is 12.5 Å². The summed E-state index contributed by atoms with van der Waals surface area (Å²) in [5, 5.41) is 8.30. The Morgan fingerprint density at radius 3 is 2.36 bits per heavy atom. The fraction of sp³-hybridized carbons (Fsp3) is 0.833. The molecule has 3 N–H and O–H groups in total. The number of carboxylic acids is 1. The Labute approximate surface area is 72.8 Å². The Bertz CT molecular complexity index is 119. The van der Waals surface area contributed by atoms with E-state index in [1.54, 1.807) is 0 Å². The molecular formula is C6H15ClN2O2. The predicted octanol–water partition coefficient (Wildman–Crippen LogP) is -0.228. The molecule has 4 nitrogen and oxygen atoms in total. The number of carbonyl (C=O) groups is 1. The summed E-state index contributed by atoms with van der Waals surface area (Å²) in [5.74, 6) is -0.839. The number of nitrogens with zero attached hydrogens (tertiary/aromatic N) is 1. The van der Waals surface area contributed by atoms with Gasteiger partial charge in [-0.1, -0.05) is 0 Å². The third kappa shape index (κ3) is 9.68. The van der Waals surface area contributed by atoms with Gasteiger partial charge in [0.25, 0.3) is 0 Å². The number of likely N-dealkylation sites (N-methyl/N-ethyl adjacent to an activating group) is 1. The van der Waals surface area contributed by atoms with Crippen LogP contribution in [0.1, 0.15) is 6.42 Å². The third-order valence-corrected chi connectivity index (χ3v) is 1.04. The average Bonchev–Trinajstić information content (AvgIpc) is 1.58. The van der Waals surface area contributed by atoms with Gasteiger partial charge in [0, 0.05) is 12.6 Å². The van der Waals surface area contributed by atoms with Crippen LogP contribution in [0.15, 0.2) is 0 Å². The lowest BCUT2D eigenvalue weighted by Crippen LogP contribution is -2.34. The molecule has 0 aromatic carbocycles. The summed E-state index contributed by atoms with van der Waals surface area (Å²) in [6.07, 6.45) is 0.0399. The first-order valence-corrected chi connectivity index (χ1v) is 3.14. The highest BCUT2D eigenvalue weighted by Gasteiger charge is 2.07. The van der Waals surface area contributed by atoms with E-state index < -0.39 is 5.97 Å². The summed E-state index contributed by atoms with van der Waals surface area (Å²) in [6, 6.07) is -0.257. The summed E-state index contributed by atoms with van der Waals surface area (Å²) >= 11 is 0. The second-order valence-corrected chi connectivity index (χ2v) is 2.62. The molecule has 0 aliphatic rings. The van der Waals surface area contributed by atoms with Crippen molar-refractivity contribution in [1.82, 2.24) is 4.90 Å². The minimum atomic E-state index is -0.839. The topological polar surface area (TPSA) is 66.6 Å². The van der Waals surface area contributed by atoms with E-state index in [-0.39, 0.29) is 24.9 Å². The summed E-state index contributed by atoms with van der Waals surface area (Å²) < 4.78 is 0. The van der Waals surface area contributed by atoms with Crippen molar-refractivity contribution in [2.24, 2.45) is 5.73 Å². The molecule has 0 aromatic heterocycles. The van der Waals surface area contributed by atoms with Crippen LogP contribution in [-0.4, -0.2) is 42.7 Å². The lowest BCUT2D eigenvalue weighted by atomic mass is 10.2. The van der Waals surface area contributed by atoms with Crippen molar-refractivity contribution in [1.29, 1.82) is 0 Å². The van der Waals surface area contributed by atoms with E-state index >= 15 is 0 Å². The molecule has 0 fully saturated rings. The second kappa shape index (κ2) is 6.39. The molecule has 1 atom stereocenters. The summed E-state index contributed by atoms with van der Waals surface area (Å²) in [6.45, 7) is 0.617. The maximum Gasteiger partial charge on any atom is 0.304 e. The number of carboxylic acid groups (broad SMARTS) is 1. The Balaban J connectivity index is 0. The van der Waals surface area contributed by atoms with E-state index in [0.717, 1.165) is 0 Å². The Hall–Kier alpha value is -0.320. The Morgan fingerprint density at radius 2 is 2.09 bits per heavy atom. The van der Waals surface area contributed by atoms with Crippen molar-refractivity contribution in [3.63, 3.8) is 0 Å². The Kier molecular flexibility index (Phi) is 7.72. The molecule has 0 heterocycles. The zero-order valence-corrected chi connectivity index (χ0v) is 7.60. The number of hydrogen-bond acceptors (Lipinski definition) is 3. The second-order valence-electron chi connectivity index (χ2n) is 2.62. The quantitative estimate of drug-likeness (QED) is 0.631. The smallest absolute Gasteiger partial charge is 0.304 e. The molecule has 0 radical (unpaired) electrons. The highest BCUT2D eigenvalue weighted by Crippen LogP contribution is 1.88. The van der Waals surface area contributed by atoms with Gasteiger partial charge in [0.1, 0.15) is 0 Å². The molecule has 5 heteroatoms. The van der Waals surface area contributed by atoms with Crippen LogP contribution in [0.3, 0.4) is 0 Å². The zero-order valence-electron chi connectivity index (χ0n) is 6.78. The van der Waals surface area contributed by atoms with Gasteiger partial charge in [-0.15, -0.1) is 12.4 Å². The molecule has 0 amide bonds. The first-order valence-electron chi connectivity index (χ1n) is 3.14. The van der Waals surface area contributed by atoms with Gasteiger partial charge in [0.15, 0.2) is 0 Å². The van der Waals surface area contributed by atoms with Crippen LogP contribution in [0.5, 0.6) is 0 Å². The highest BCUT2D eigenvalue weighted by molar-refractivity contribution is 5.85. The summed E-state index contributed by atoms with van der Waals surface area (Å²) in [5.41, 5.74) is 5.45. The molecule has 0 aliphatic carbocycles. The maximum absolute atomic E-state index is 10.1. The van der Waals surface area contributed by atoms with Gasteiger partial charge in [-0.05, 0) is 14.1 Å². The molecule has 0 aliphatic heterocycles. The number of halogens is 1. The third-order valence-electron chi connectivity index (χ3n) is 1.04. The number of rotatable bonds is 4. The molecule has 0 saturated heterocycles. The zero-order chi connectivity index (χ0) is 8.15. The van der Waals surface area contributed by atoms with E-state index in [1.165, 1.54) is 0 Å². The van der Waals surface area contributed by atoms with Gasteiger partial charge in [-0.3, -0.25) is 4.79 Å². The first kappa shape index (κ1) is 13.3. The molecule has 68 valence electrons. The van der Waals surface area contributed by atoms with E-state index in [0.29, 0.717) is 6.54 Å². The van der Waals surface area contributed by atoms with Gasteiger partial charge >= 0.3 is 5.97 Å².